The van der Waals surface area contributed by atoms with Crippen molar-refractivity contribution >= 4 is 0 Å². The van der Waals surface area contributed by atoms with E-state index >= 15 is 0 Å². The minimum Gasteiger partial charge on any atom is -0.493 e. The fraction of sp³-hybridized carbons (Fsp3) is 0.235. The SMILES string of the molecule is N#Cc1c(F)cccc1OCCc1ccc2c(c1)CCO2. The van der Waals surface area contributed by atoms with E-state index in [-0.39, 0.29) is 5.56 Å². The number of hydrogen-bond acceptors (Lipinski definition) is 3. The lowest BCUT2D eigenvalue weighted by atomic mass is 10.1. The largest absolute Gasteiger partial charge is 0.493 e. The summed E-state index contributed by atoms with van der Waals surface area (Å²) in [5.74, 6) is 0.697. The van der Waals surface area contributed by atoms with Crippen molar-refractivity contribution in [2.24, 2.45) is 0 Å². The summed E-state index contributed by atoms with van der Waals surface area (Å²) in [5.41, 5.74) is 2.32. The Morgan fingerprint density at radius 3 is 3.05 bits per heavy atom. The molecule has 0 saturated carbocycles. The first kappa shape index (κ1) is 13.4. The number of halogens is 1. The van der Waals surface area contributed by atoms with Crippen molar-refractivity contribution in [3.63, 3.8) is 0 Å². The van der Waals surface area contributed by atoms with Crippen LogP contribution < -0.4 is 9.47 Å². The molecule has 1 aliphatic rings. The molecule has 106 valence electrons. The van der Waals surface area contributed by atoms with Gasteiger partial charge < -0.3 is 9.47 Å². The van der Waals surface area contributed by atoms with Crippen LogP contribution in [-0.4, -0.2) is 13.2 Å². The lowest BCUT2D eigenvalue weighted by Gasteiger charge is -2.09. The molecule has 1 heterocycles. The average molecular weight is 283 g/mol. The van der Waals surface area contributed by atoms with Crippen molar-refractivity contribution in [2.45, 2.75) is 12.8 Å². The maximum Gasteiger partial charge on any atom is 0.144 e. The van der Waals surface area contributed by atoms with Crippen LogP contribution in [-0.2, 0) is 12.8 Å². The maximum atomic E-state index is 13.4. The Labute approximate surface area is 122 Å². The molecule has 3 rings (SSSR count). The first-order chi connectivity index (χ1) is 10.3. The van der Waals surface area contributed by atoms with Crippen LogP contribution in [0.15, 0.2) is 36.4 Å². The summed E-state index contributed by atoms with van der Waals surface area (Å²) >= 11 is 0. The normalized spacial score (nSPS) is 12.4. The molecule has 0 aliphatic carbocycles. The molecule has 2 aromatic carbocycles. The first-order valence-electron chi connectivity index (χ1n) is 6.84. The molecule has 0 amide bonds. The molecule has 0 unspecified atom stereocenters. The molecule has 0 N–H and O–H groups in total. The Morgan fingerprint density at radius 2 is 2.19 bits per heavy atom. The zero-order chi connectivity index (χ0) is 14.7. The van der Waals surface area contributed by atoms with Crippen molar-refractivity contribution < 1.29 is 13.9 Å². The number of nitriles is 1. The number of hydrogen-bond donors (Lipinski definition) is 0. The molecule has 0 fully saturated rings. The minimum absolute atomic E-state index is 0.0418. The average Bonchev–Trinajstić information content (AvgIpc) is 2.95. The Balaban J connectivity index is 1.64. The van der Waals surface area contributed by atoms with E-state index in [1.54, 1.807) is 6.07 Å². The minimum atomic E-state index is -0.551. The molecule has 0 saturated heterocycles. The van der Waals surface area contributed by atoms with Gasteiger partial charge in [-0.05, 0) is 29.3 Å². The van der Waals surface area contributed by atoms with Crippen LogP contribution in [0.3, 0.4) is 0 Å². The molecule has 2 aromatic rings. The van der Waals surface area contributed by atoms with Gasteiger partial charge in [0.25, 0.3) is 0 Å². The topological polar surface area (TPSA) is 42.2 Å². The summed E-state index contributed by atoms with van der Waals surface area (Å²) in [5, 5.41) is 8.94. The van der Waals surface area contributed by atoms with Gasteiger partial charge in [-0.2, -0.15) is 5.26 Å². The van der Waals surface area contributed by atoms with Gasteiger partial charge in [-0.1, -0.05) is 18.2 Å². The predicted octanol–water partition coefficient (Wildman–Crippen LogP) is 3.25. The summed E-state index contributed by atoms with van der Waals surface area (Å²) in [7, 11) is 0. The molecule has 0 bridgehead atoms. The molecule has 0 aromatic heterocycles. The molecule has 0 radical (unpaired) electrons. The van der Waals surface area contributed by atoms with E-state index in [1.165, 1.54) is 17.7 Å². The second-order valence-electron chi connectivity index (χ2n) is 4.86. The number of rotatable bonds is 4. The van der Waals surface area contributed by atoms with Crippen LogP contribution in [0.1, 0.15) is 16.7 Å². The zero-order valence-electron chi connectivity index (χ0n) is 11.4. The smallest absolute Gasteiger partial charge is 0.144 e. The van der Waals surface area contributed by atoms with Crippen LogP contribution >= 0.6 is 0 Å². The molecule has 0 spiro atoms. The van der Waals surface area contributed by atoms with Crippen LogP contribution in [0.5, 0.6) is 11.5 Å². The number of ether oxygens (including phenoxy) is 2. The van der Waals surface area contributed by atoms with E-state index in [2.05, 4.69) is 6.07 Å². The van der Waals surface area contributed by atoms with E-state index in [0.29, 0.717) is 18.8 Å². The molecular formula is C17H14FNO2. The summed E-state index contributed by atoms with van der Waals surface area (Å²) in [6.45, 7) is 1.14. The maximum absolute atomic E-state index is 13.4. The first-order valence-corrected chi connectivity index (χ1v) is 6.84. The highest BCUT2D eigenvalue weighted by Gasteiger charge is 2.12. The number of benzene rings is 2. The predicted molar refractivity (Wildman–Crippen MR) is 76.0 cm³/mol. The molecule has 21 heavy (non-hydrogen) atoms. The fourth-order valence-electron chi connectivity index (χ4n) is 2.41. The third kappa shape index (κ3) is 2.82. The van der Waals surface area contributed by atoms with E-state index in [4.69, 9.17) is 14.7 Å². The quantitative estimate of drug-likeness (QED) is 0.865. The Morgan fingerprint density at radius 1 is 1.29 bits per heavy atom. The van der Waals surface area contributed by atoms with E-state index in [1.807, 2.05) is 18.2 Å². The van der Waals surface area contributed by atoms with Crippen LogP contribution in [0.25, 0.3) is 0 Å². The van der Waals surface area contributed by atoms with Gasteiger partial charge in [0.2, 0.25) is 0 Å². The molecule has 0 atom stereocenters. The van der Waals surface area contributed by atoms with Crippen molar-refractivity contribution in [2.75, 3.05) is 13.2 Å². The number of nitrogens with zero attached hydrogens (tertiary/aromatic N) is 1. The summed E-state index contributed by atoms with van der Waals surface area (Å²) < 4.78 is 24.4. The van der Waals surface area contributed by atoms with Gasteiger partial charge in [-0.15, -0.1) is 0 Å². The molecule has 1 aliphatic heterocycles. The highest BCUT2D eigenvalue weighted by molar-refractivity contribution is 5.44. The van der Waals surface area contributed by atoms with Crippen molar-refractivity contribution in [1.29, 1.82) is 5.26 Å². The van der Waals surface area contributed by atoms with Gasteiger partial charge in [-0.3, -0.25) is 0 Å². The van der Waals surface area contributed by atoms with Crippen LogP contribution in [0, 0.1) is 17.1 Å². The van der Waals surface area contributed by atoms with Gasteiger partial charge in [0.15, 0.2) is 0 Å². The van der Waals surface area contributed by atoms with Gasteiger partial charge in [0, 0.05) is 12.8 Å². The molecular weight excluding hydrogens is 269 g/mol. The van der Waals surface area contributed by atoms with Crippen molar-refractivity contribution in [3.05, 3.63) is 58.9 Å². The van der Waals surface area contributed by atoms with Gasteiger partial charge >= 0.3 is 0 Å². The monoisotopic (exact) mass is 283 g/mol. The van der Waals surface area contributed by atoms with E-state index in [9.17, 15) is 4.39 Å². The highest BCUT2D eigenvalue weighted by atomic mass is 19.1. The summed E-state index contributed by atoms with van der Waals surface area (Å²) in [6, 6.07) is 12.3. The van der Waals surface area contributed by atoms with E-state index in [0.717, 1.165) is 24.3 Å². The summed E-state index contributed by atoms with van der Waals surface area (Å²) in [4.78, 5) is 0. The Kier molecular flexibility index (Phi) is 3.74. The zero-order valence-corrected chi connectivity index (χ0v) is 11.4. The van der Waals surface area contributed by atoms with E-state index < -0.39 is 5.82 Å². The van der Waals surface area contributed by atoms with Crippen molar-refractivity contribution in [1.82, 2.24) is 0 Å². The second-order valence-corrected chi connectivity index (χ2v) is 4.86. The fourth-order valence-corrected chi connectivity index (χ4v) is 2.41. The Hall–Kier alpha value is -2.54. The third-order valence-corrected chi connectivity index (χ3v) is 3.49. The van der Waals surface area contributed by atoms with Crippen molar-refractivity contribution in [3.8, 4) is 17.6 Å². The van der Waals surface area contributed by atoms with Gasteiger partial charge in [0.05, 0.1) is 13.2 Å². The van der Waals surface area contributed by atoms with Crippen LogP contribution in [0.4, 0.5) is 4.39 Å². The number of fused-ring (bicyclic) bond motifs is 1. The van der Waals surface area contributed by atoms with Gasteiger partial charge in [-0.25, -0.2) is 4.39 Å². The second kappa shape index (κ2) is 5.84. The third-order valence-electron chi connectivity index (χ3n) is 3.49. The highest BCUT2D eigenvalue weighted by Crippen LogP contribution is 2.26. The summed E-state index contributed by atoms with van der Waals surface area (Å²) in [6.07, 6.45) is 1.64. The lowest BCUT2D eigenvalue weighted by Crippen LogP contribution is -2.03. The molecule has 4 heteroatoms. The van der Waals surface area contributed by atoms with Crippen LogP contribution in [0.2, 0.25) is 0 Å². The lowest BCUT2D eigenvalue weighted by molar-refractivity contribution is 0.319. The van der Waals surface area contributed by atoms with Gasteiger partial charge in [0.1, 0.15) is 28.9 Å². The molecule has 3 nitrogen and oxygen atoms in total. The standard InChI is InChI=1S/C17H14FNO2/c18-15-2-1-3-17(14(15)11-19)21-8-6-12-4-5-16-13(10-12)7-9-20-16/h1-5,10H,6-9H2. The Bertz CT molecular complexity index is 706.